The smallest absolute Gasteiger partial charge is 0.407 e. The van der Waals surface area contributed by atoms with E-state index in [2.05, 4.69) is 66.0 Å². The first kappa shape index (κ1) is 29.3. The number of amides is 1. The molecule has 1 amide bonds. The molecule has 0 aliphatic heterocycles. The molecule has 44 heavy (non-hydrogen) atoms. The van der Waals surface area contributed by atoms with E-state index in [4.69, 9.17) is 4.74 Å². The third-order valence-electron chi connectivity index (χ3n) is 8.13. The number of nitrogens with one attached hydrogen (secondary N) is 1. The van der Waals surface area contributed by atoms with Crippen LogP contribution < -0.4 is 5.32 Å². The van der Waals surface area contributed by atoms with Gasteiger partial charge in [0.1, 0.15) is 6.61 Å². The number of carbonyl (C=O) groups excluding carboxylic acids is 1. The minimum Gasteiger partial charge on any atom is -0.481 e. The maximum absolute atomic E-state index is 13.2. The Labute approximate surface area is 261 Å². The van der Waals surface area contributed by atoms with Crippen LogP contribution in [0.4, 0.5) is 4.79 Å². The Balaban J connectivity index is 1.24. The Morgan fingerprint density at radius 3 is 1.57 bits per heavy atom. The number of benzene rings is 5. The average Bonchev–Trinajstić information content (AvgIpc) is 3.39. The van der Waals surface area contributed by atoms with Gasteiger partial charge in [0.15, 0.2) is 0 Å². The van der Waals surface area contributed by atoms with Crippen LogP contribution in [0.1, 0.15) is 40.2 Å². The van der Waals surface area contributed by atoms with E-state index in [9.17, 15) is 14.7 Å². The molecule has 2 N–H and O–H groups in total. The molecule has 1 aliphatic rings. The van der Waals surface area contributed by atoms with Gasteiger partial charge < -0.3 is 15.2 Å². The third kappa shape index (κ3) is 5.99. The Bertz CT molecular complexity index is 1580. The second-order valence-electron chi connectivity index (χ2n) is 10.9. The van der Waals surface area contributed by atoms with Crippen LogP contribution in [0, 0.1) is 0 Å². The fourth-order valence-electron chi connectivity index (χ4n) is 6.16. The monoisotopic (exact) mass is 599 g/mol. The molecule has 5 nitrogen and oxygen atoms in total. The lowest BCUT2D eigenvalue weighted by molar-refractivity contribution is -0.137. The first-order valence-electron chi connectivity index (χ1n) is 14.7. The molecule has 0 saturated carbocycles. The van der Waals surface area contributed by atoms with Crippen LogP contribution >= 0.6 is 11.8 Å². The van der Waals surface area contributed by atoms with E-state index in [1.807, 2.05) is 78.9 Å². The van der Waals surface area contributed by atoms with Crippen molar-refractivity contribution in [2.75, 3.05) is 12.4 Å². The van der Waals surface area contributed by atoms with Gasteiger partial charge in [-0.2, -0.15) is 0 Å². The summed E-state index contributed by atoms with van der Waals surface area (Å²) in [6, 6.07) is 46.3. The highest BCUT2D eigenvalue weighted by Gasteiger charge is 2.38. The minimum absolute atomic E-state index is 0.0812. The predicted molar refractivity (Wildman–Crippen MR) is 176 cm³/mol. The zero-order valence-electron chi connectivity index (χ0n) is 24.1. The van der Waals surface area contributed by atoms with Gasteiger partial charge in [-0.1, -0.05) is 140 Å². The number of carbonyl (C=O) groups is 2. The maximum atomic E-state index is 13.2. The summed E-state index contributed by atoms with van der Waals surface area (Å²) in [4.78, 5) is 25.2. The van der Waals surface area contributed by atoms with Crippen LogP contribution in [0.5, 0.6) is 0 Å². The number of carboxylic acid groups (broad SMARTS) is 1. The molecule has 0 fully saturated rings. The van der Waals surface area contributed by atoms with Gasteiger partial charge in [0, 0.05) is 11.7 Å². The zero-order chi connectivity index (χ0) is 30.4. The van der Waals surface area contributed by atoms with E-state index < -0.39 is 22.9 Å². The van der Waals surface area contributed by atoms with Crippen molar-refractivity contribution in [3.8, 4) is 11.1 Å². The van der Waals surface area contributed by atoms with Crippen molar-refractivity contribution in [1.82, 2.24) is 5.32 Å². The number of aliphatic carboxylic acids is 1. The first-order valence-corrected chi connectivity index (χ1v) is 15.7. The van der Waals surface area contributed by atoms with Crippen molar-refractivity contribution in [1.29, 1.82) is 0 Å². The number of thioether (sulfide) groups is 1. The predicted octanol–water partition coefficient (Wildman–Crippen LogP) is 8.09. The lowest BCUT2D eigenvalue weighted by Gasteiger charge is -2.36. The van der Waals surface area contributed by atoms with E-state index in [-0.39, 0.29) is 18.9 Å². The largest absolute Gasteiger partial charge is 0.481 e. The summed E-state index contributed by atoms with van der Waals surface area (Å²) in [5.41, 5.74) is 7.75. The van der Waals surface area contributed by atoms with Gasteiger partial charge in [-0.15, -0.1) is 11.8 Å². The van der Waals surface area contributed by atoms with E-state index in [0.29, 0.717) is 5.75 Å². The molecule has 0 spiro atoms. The number of ether oxygens (including phenoxy) is 1. The van der Waals surface area contributed by atoms with Gasteiger partial charge in [-0.25, -0.2) is 4.79 Å². The topological polar surface area (TPSA) is 75.6 Å². The highest BCUT2D eigenvalue weighted by molar-refractivity contribution is 8.00. The van der Waals surface area contributed by atoms with Crippen molar-refractivity contribution < 1.29 is 19.4 Å². The molecule has 1 atom stereocenters. The summed E-state index contributed by atoms with van der Waals surface area (Å²) in [5, 5.41) is 12.7. The molecular formula is C38H33NO4S. The molecule has 5 aromatic carbocycles. The van der Waals surface area contributed by atoms with Gasteiger partial charge in [0.25, 0.3) is 0 Å². The van der Waals surface area contributed by atoms with Gasteiger partial charge in [-0.05, 0) is 38.9 Å². The number of fused-ring (bicyclic) bond motifs is 3. The number of hydrogen-bond donors (Lipinski definition) is 2. The quantitative estimate of drug-likeness (QED) is 0.150. The lowest BCUT2D eigenvalue weighted by Crippen LogP contribution is -2.40. The average molecular weight is 600 g/mol. The molecule has 5 aromatic rings. The summed E-state index contributed by atoms with van der Waals surface area (Å²) >= 11 is 1.61. The van der Waals surface area contributed by atoms with E-state index >= 15 is 0 Å². The molecule has 6 heteroatoms. The molecule has 6 rings (SSSR count). The molecular weight excluding hydrogens is 566 g/mol. The second-order valence-corrected chi connectivity index (χ2v) is 12.1. The Hall–Kier alpha value is -4.81. The Morgan fingerprint density at radius 2 is 1.11 bits per heavy atom. The van der Waals surface area contributed by atoms with Crippen LogP contribution in [0.25, 0.3) is 11.1 Å². The van der Waals surface area contributed by atoms with Gasteiger partial charge in [0.05, 0.1) is 17.2 Å². The molecule has 0 saturated heterocycles. The van der Waals surface area contributed by atoms with Crippen molar-refractivity contribution in [3.63, 3.8) is 0 Å². The fraction of sp³-hybridized carbons (Fsp3) is 0.158. The van der Waals surface area contributed by atoms with Crippen LogP contribution in [-0.4, -0.2) is 35.6 Å². The second kappa shape index (κ2) is 13.2. The summed E-state index contributed by atoms with van der Waals surface area (Å²) in [6.07, 6.45) is -0.852. The molecule has 0 unspecified atom stereocenters. The van der Waals surface area contributed by atoms with Crippen LogP contribution in [0.15, 0.2) is 140 Å². The minimum atomic E-state index is -0.987. The number of alkyl carbamates (subject to hydrolysis) is 1. The zero-order valence-corrected chi connectivity index (χ0v) is 25.0. The van der Waals surface area contributed by atoms with Crippen molar-refractivity contribution in [2.24, 2.45) is 0 Å². The molecule has 0 aromatic heterocycles. The van der Waals surface area contributed by atoms with Gasteiger partial charge >= 0.3 is 12.1 Å². The maximum Gasteiger partial charge on any atom is 0.407 e. The molecule has 1 aliphatic carbocycles. The normalized spacial score (nSPS) is 13.0. The SMILES string of the molecule is O=C(O)C[C@@H](CSC(c1ccccc1)(c1ccccc1)c1ccccc1)NC(=O)OCC1c2ccccc2-c2ccccc21. The summed E-state index contributed by atoms with van der Waals surface area (Å²) in [6.45, 7) is 0.161. The molecule has 0 bridgehead atoms. The highest BCUT2D eigenvalue weighted by Crippen LogP contribution is 2.49. The van der Waals surface area contributed by atoms with Crippen molar-refractivity contribution in [3.05, 3.63) is 167 Å². The summed E-state index contributed by atoms with van der Waals surface area (Å²) in [5.74, 6) is -0.726. The van der Waals surface area contributed by atoms with Gasteiger partial charge in [-0.3, -0.25) is 4.79 Å². The first-order chi connectivity index (χ1) is 21.6. The number of carboxylic acids is 1. The molecule has 220 valence electrons. The Kier molecular flexibility index (Phi) is 8.80. The van der Waals surface area contributed by atoms with Crippen molar-refractivity contribution >= 4 is 23.8 Å². The van der Waals surface area contributed by atoms with Crippen LogP contribution in [-0.2, 0) is 14.3 Å². The van der Waals surface area contributed by atoms with E-state index in [1.54, 1.807) is 11.8 Å². The van der Waals surface area contributed by atoms with E-state index in [1.165, 1.54) is 0 Å². The molecule has 0 heterocycles. The summed E-state index contributed by atoms with van der Waals surface area (Å²) in [7, 11) is 0. The third-order valence-corrected chi connectivity index (χ3v) is 9.84. The van der Waals surface area contributed by atoms with Gasteiger partial charge in [0.2, 0.25) is 0 Å². The van der Waals surface area contributed by atoms with E-state index in [0.717, 1.165) is 38.9 Å². The fourth-order valence-corrected chi connectivity index (χ4v) is 7.72. The van der Waals surface area contributed by atoms with Crippen LogP contribution in [0.2, 0.25) is 0 Å². The number of hydrogen-bond acceptors (Lipinski definition) is 4. The number of rotatable bonds is 11. The summed E-state index contributed by atoms with van der Waals surface area (Å²) < 4.78 is 5.15. The Morgan fingerprint density at radius 1 is 0.682 bits per heavy atom. The highest BCUT2D eigenvalue weighted by atomic mass is 32.2. The standard InChI is InChI=1S/C38H33NO4S/c40-36(41)24-30(39-37(42)43-25-35-33-22-12-10-20-31(33)32-21-11-13-23-34(32)35)26-44-38(27-14-4-1-5-15-27,28-16-6-2-7-17-28)29-18-8-3-9-19-29/h1-23,30,35H,24-26H2,(H,39,42)(H,40,41)/t30-/m0/s1. The molecule has 0 radical (unpaired) electrons. The van der Waals surface area contributed by atoms with Crippen LogP contribution in [0.3, 0.4) is 0 Å². The van der Waals surface area contributed by atoms with Crippen molar-refractivity contribution in [2.45, 2.75) is 23.1 Å². The lowest BCUT2D eigenvalue weighted by atomic mass is 9.84.